The first kappa shape index (κ1) is 20.7. The first-order chi connectivity index (χ1) is 13.8. The summed E-state index contributed by atoms with van der Waals surface area (Å²) in [6.07, 6.45) is 1.27. The van der Waals surface area contributed by atoms with Crippen LogP contribution < -0.4 is 9.04 Å². The summed E-state index contributed by atoms with van der Waals surface area (Å²) in [6, 6.07) is 11.5. The molecular weight excluding hydrogens is 405 g/mol. The number of nitrogens with zero attached hydrogens (tertiary/aromatic N) is 2. The molecule has 3 aromatic rings. The predicted octanol–water partition coefficient (Wildman–Crippen LogP) is 4.65. The van der Waals surface area contributed by atoms with Gasteiger partial charge < -0.3 is 4.74 Å². The second-order valence-corrected chi connectivity index (χ2v) is 8.25. The number of benzene rings is 2. The maximum Gasteiger partial charge on any atom is 0.235 e. The van der Waals surface area contributed by atoms with Gasteiger partial charge in [0.05, 0.1) is 18.0 Å². The standard InChI is InChI=1S/C20H17F3N2O3S/c1-2-29(26,27)25(13-14-3-10-20(23)24-12-14)16-5-7-17(8-6-16)28-19-9-4-15(21)11-18(19)22/h3-12H,2,13H2,1H3. The molecule has 0 spiro atoms. The maximum absolute atomic E-state index is 13.7. The van der Waals surface area contributed by atoms with Crippen molar-refractivity contribution in [2.24, 2.45) is 0 Å². The van der Waals surface area contributed by atoms with E-state index in [1.54, 1.807) is 0 Å². The molecule has 2 aromatic carbocycles. The quantitative estimate of drug-likeness (QED) is 0.520. The summed E-state index contributed by atoms with van der Waals surface area (Å²) in [6.45, 7) is 1.48. The van der Waals surface area contributed by atoms with Crippen LogP contribution >= 0.6 is 0 Å². The molecular formula is C20H17F3N2O3S. The highest BCUT2D eigenvalue weighted by molar-refractivity contribution is 7.92. The molecule has 5 nitrogen and oxygen atoms in total. The molecule has 1 aromatic heterocycles. The van der Waals surface area contributed by atoms with Gasteiger partial charge in [-0.2, -0.15) is 4.39 Å². The fourth-order valence-electron chi connectivity index (χ4n) is 2.54. The summed E-state index contributed by atoms with van der Waals surface area (Å²) in [7, 11) is -3.64. The summed E-state index contributed by atoms with van der Waals surface area (Å²) < 4.78 is 71.4. The summed E-state index contributed by atoms with van der Waals surface area (Å²) in [5.74, 6) is -2.28. The molecule has 0 aliphatic heterocycles. The minimum Gasteiger partial charge on any atom is -0.454 e. The Morgan fingerprint density at radius 1 is 1.00 bits per heavy atom. The third-order valence-electron chi connectivity index (χ3n) is 4.06. The molecule has 0 unspecified atom stereocenters. The lowest BCUT2D eigenvalue weighted by Gasteiger charge is -2.24. The molecule has 0 aliphatic carbocycles. The maximum atomic E-state index is 13.7. The Kier molecular flexibility index (Phi) is 6.07. The smallest absolute Gasteiger partial charge is 0.235 e. The monoisotopic (exact) mass is 422 g/mol. The SMILES string of the molecule is CCS(=O)(=O)N(Cc1ccc(F)nc1)c1ccc(Oc2ccc(F)cc2F)cc1. The minimum atomic E-state index is -3.64. The van der Waals surface area contributed by atoms with E-state index in [0.29, 0.717) is 17.3 Å². The molecule has 0 saturated heterocycles. The zero-order chi connectivity index (χ0) is 21.0. The van der Waals surface area contributed by atoms with Gasteiger partial charge in [-0.1, -0.05) is 6.07 Å². The minimum absolute atomic E-state index is 0.0315. The van der Waals surface area contributed by atoms with E-state index in [-0.39, 0.29) is 23.8 Å². The van der Waals surface area contributed by atoms with Gasteiger partial charge in [0, 0.05) is 12.3 Å². The van der Waals surface area contributed by atoms with Gasteiger partial charge in [-0.3, -0.25) is 4.31 Å². The number of pyridine rings is 1. The first-order valence-corrected chi connectivity index (χ1v) is 10.2. The molecule has 0 aliphatic rings. The van der Waals surface area contributed by atoms with E-state index < -0.39 is 27.6 Å². The van der Waals surface area contributed by atoms with Crippen LogP contribution in [0.25, 0.3) is 0 Å². The van der Waals surface area contributed by atoms with Crippen LogP contribution in [0.15, 0.2) is 60.8 Å². The fraction of sp³-hybridized carbons (Fsp3) is 0.150. The van der Waals surface area contributed by atoms with E-state index in [4.69, 9.17) is 4.74 Å². The van der Waals surface area contributed by atoms with Crippen molar-refractivity contribution in [3.05, 3.63) is 83.9 Å². The molecule has 0 saturated carbocycles. The Hall–Kier alpha value is -3.07. The molecule has 3 rings (SSSR count). The molecule has 0 radical (unpaired) electrons. The van der Waals surface area contributed by atoms with Crippen LogP contribution in [0.4, 0.5) is 18.9 Å². The fourth-order valence-corrected chi connectivity index (χ4v) is 3.64. The summed E-state index contributed by atoms with van der Waals surface area (Å²) in [5.41, 5.74) is 0.861. The number of sulfonamides is 1. The van der Waals surface area contributed by atoms with Gasteiger partial charge in [0.1, 0.15) is 11.6 Å². The Morgan fingerprint density at radius 3 is 2.31 bits per heavy atom. The molecule has 0 bridgehead atoms. The van der Waals surface area contributed by atoms with Crippen LogP contribution in [-0.2, 0) is 16.6 Å². The molecule has 0 N–H and O–H groups in total. The number of hydrogen-bond donors (Lipinski definition) is 0. The van der Waals surface area contributed by atoms with Crippen molar-refractivity contribution in [3.8, 4) is 11.5 Å². The second kappa shape index (κ2) is 8.52. The topological polar surface area (TPSA) is 59.5 Å². The van der Waals surface area contributed by atoms with Crippen molar-refractivity contribution in [1.29, 1.82) is 0 Å². The molecule has 0 fully saturated rings. The molecule has 0 amide bonds. The molecule has 9 heteroatoms. The van der Waals surface area contributed by atoms with Crippen LogP contribution in [0.2, 0.25) is 0 Å². The van der Waals surface area contributed by atoms with E-state index in [0.717, 1.165) is 18.2 Å². The normalized spacial score (nSPS) is 11.3. The largest absolute Gasteiger partial charge is 0.454 e. The van der Waals surface area contributed by atoms with Gasteiger partial charge in [0.15, 0.2) is 11.6 Å². The van der Waals surface area contributed by atoms with E-state index in [2.05, 4.69) is 4.98 Å². The highest BCUT2D eigenvalue weighted by Crippen LogP contribution is 2.28. The predicted molar refractivity (Wildman–Crippen MR) is 103 cm³/mol. The third-order valence-corrected chi connectivity index (χ3v) is 5.80. The molecule has 0 atom stereocenters. The van der Waals surface area contributed by atoms with Crippen molar-refractivity contribution in [3.63, 3.8) is 0 Å². The van der Waals surface area contributed by atoms with E-state index in [9.17, 15) is 21.6 Å². The summed E-state index contributed by atoms with van der Waals surface area (Å²) in [5, 5.41) is 0. The zero-order valence-corrected chi connectivity index (χ0v) is 16.2. The van der Waals surface area contributed by atoms with E-state index >= 15 is 0 Å². The Bertz CT molecular complexity index is 1090. The van der Waals surface area contributed by atoms with Crippen LogP contribution in [-0.4, -0.2) is 19.2 Å². The van der Waals surface area contributed by atoms with Crippen LogP contribution in [0.1, 0.15) is 12.5 Å². The van der Waals surface area contributed by atoms with Crippen molar-refractivity contribution < 1.29 is 26.3 Å². The number of aromatic nitrogens is 1. The van der Waals surface area contributed by atoms with Crippen molar-refractivity contribution in [1.82, 2.24) is 4.98 Å². The van der Waals surface area contributed by atoms with Gasteiger partial charge in [0.2, 0.25) is 16.0 Å². The average molecular weight is 422 g/mol. The molecule has 29 heavy (non-hydrogen) atoms. The van der Waals surface area contributed by atoms with Crippen molar-refractivity contribution >= 4 is 15.7 Å². The molecule has 152 valence electrons. The number of ether oxygens (including phenoxy) is 1. The van der Waals surface area contributed by atoms with Crippen LogP contribution in [0, 0.1) is 17.6 Å². The second-order valence-electron chi connectivity index (χ2n) is 6.07. The Balaban J connectivity index is 1.85. The van der Waals surface area contributed by atoms with E-state index in [1.165, 1.54) is 47.8 Å². The van der Waals surface area contributed by atoms with E-state index in [1.807, 2.05) is 0 Å². The summed E-state index contributed by atoms with van der Waals surface area (Å²) in [4.78, 5) is 3.54. The zero-order valence-electron chi connectivity index (χ0n) is 15.3. The lowest BCUT2D eigenvalue weighted by Crippen LogP contribution is -2.31. The summed E-state index contributed by atoms with van der Waals surface area (Å²) >= 11 is 0. The van der Waals surface area contributed by atoms with Crippen LogP contribution in [0.5, 0.6) is 11.5 Å². The lowest BCUT2D eigenvalue weighted by atomic mass is 10.2. The van der Waals surface area contributed by atoms with Gasteiger partial charge in [0.25, 0.3) is 0 Å². The van der Waals surface area contributed by atoms with Gasteiger partial charge >= 0.3 is 0 Å². The molecule has 1 heterocycles. The van der Waals surface area contributed by atoms with Gasteiger partial charge in [-0.05, 0) is 55.0 Å². The third kappa shape index (κ3) is 5.05. The van der Waals surface area contributed by atoms with Gasteiger partial charge in [-0.25, -0.2) is 22.2 Å². The average Bonchev–Trinajstić information content (AvgIpc) is 2.70. The van der Waals surface area contributed by atoms with Crippen molar-refractivity contribution in [2.75, 3.05) is 10.1 Å². The highest BCUT2D eigenvalue weighted by atomic mass is 32.2. The number of rotatable bonds is 7. The highest BCUT2D eigenvalue weighted by Gasteiger charge is 2.21. The Labute approximate surface area is 166 Å². The first-order valence-electron chi connectivity index (χ1n) is 8.62. The van der Waals surface area contributed by atoms with Crippen LogP contribution in [0.3, 0.4) is 0 Å². The lowest BCUT2D eigenvalue weighted by molar-refractivity contribution is 0.437. The van der Waals surface area contributed by atoms with Gasteiger partial charge in [-0.15, -0.1) is 0 Å². The van der Waals surface area contributed by atoms with Crippen molar-refractivity contribution in [2.45, 2.75) is 13.5 Å². The number of anilines is 1. The number of hydrogen-bond acceptors (Lipinski definition) is 4. The number of halogens is 3. The Morgan fingerprint density at radius 2 is 1.72 bits per heavy atom.